The quantitative estimate of drug-likeness (QED) is 0.352. The van der Waals surface area contributed by atoms with Crippen molar-refractivity contribution in [2.24, 2.45) is 5.73 Å². The third kappa shape index (κ3) is 2.39. The summed E-state index contributed by atoms with van der Waals surface area (Å²) < 4.78 is 34.0. The summed E-state index contributed by atoms with van der Waals surface area (Å²) in [6, 6.07) is 0. The molecule has 0 aliphatic carbocycles. The summed E-state index contributed by atoms with van der Waals surface area (Å²) >= 11 is 0. The highest BCUT2D eigenvalue weighted by Gasteiger charge is 2.26. The Labute approximate surface area is 63.2 Å². The Morgan fingerprint density at radius 3 is 2.18 bits per heavy atom. The highest BCUT2D eigenvalue weighted by atomic mass is 31.2. The predicted molar refractivity (Wildman–Crippen MR) is 37.0 cm³/mol. The predicted octanol–water partition coefficient (Wildman–Crippen LogP) is 0.0913. The maximum Gasteiger partial charge on any atom is 0.328 e. The third-order valence-electron chi connectivity index (χ3n) is 0.827. The monoisotopic (exact) mass is 200 g/mol. The standard InChI is InChI=1S/C2H6N2O5P2/c3-1(4)2-7-10(5)9-11(6)8-2/h2,10-11H,(H3,3,4). The molecule has 0 aromatic rings. The maximum absolute atomic E-state index is 10.5. The van der Waals surface area contributed by atoms with Gasteiger partial charge < -0.3 is 5.73 Å². The highest BCUT2D eigenvalue weighted by molar-refractivity contribution is 7.48. The van der Waals surface area contributed by atoms with E-state index in [2.05, 4.69) is 13.4 Å². The third-order valence-corrected chi connectivity index (χ3v) is 2.97. The zero-order valence-corrected chi connectivity index (χ0v) is 7.20. The van der Waals surface area contributed by atoms with Crippen molar-refractivity contribution in [1.29, 1.82) is 5.41 Å². The summed E-state index contributed by atoms with van der Waals surface area (Å²) in [4.78, 5) is 0. The second-order valence-electron chi connectivity index (χ2n) is 1.63. The van der Waals surface area contributed by atoms with Gasteiger partial charge in [0, 0.05) is 0 Å². The molecule has 0 amide bonds. The van der Waals surface area contributed by atoms with Gasteiger partial charge in [-0.15, -0.1) is 0 Å². The van der Waals surface area contributed by atoms with E-state index >= 15 is 0 Å². The lowest BCUT2D eigenvalue weighted by atomic mass is 10.6. The molecule has 2 unspecified atom stereocenters. The molecule has 3 N–H and O–H groups in total. The first-order chi connectivity index (χ1) is 5.09. The van der Waals surface area contributed by atoms with Crippen LogP contribution in [-0.4, -0.2) is 12.1 Å². The van der Waals surface area contributed by atoms with Crippen molar-refractivity contribution in [3.63, 3.8) is 0 Å². The van der Waals surface area contributed by atoms with E-state index in [1.807, 2.05) is 0 Å². The second kappa shape index (κ2) is 3.47. The SMILES string of the molecule is N=C(N)C1O[PH](=O)O[PH](=O)O1. The molecule has 1 rings (SSSR count). The summed E-state index contributed by atoms with van der Waals surface area (Å²) in [6.45, 7) is 0. The molecule has 1 heterocycles. The van der Waals surface area contributed by atoms with Gasteiger partial charge in [-0.1, -0.05) is 0 Å². The molecule has 0 aromatic heterocycles. The normalized spacial score (nSPS) is 38.4. The maximum atomic E-state index is 10.5. The number of hydrogen-bond acceptors (Lipinski definition) is 6. The van der Waals surface area contributed by atoms with E-state index in [0.29, 0.717) is 0 Å². The van der Waals surface area contributed by atoms with Crippen molar-refractivity contribution in [2.45, 2.75) is 6.29 Å². The second-order valence-corrected chi connectivity index (χ2v) is 3.91. The van der Waals surface area contributed by atoms with Gasteiger partial charge in [0.2, 0.25) is 6.29 Å². The summed E-state index contributed by atoms with van der Waals surface area (Å²) in [5, 5.41) is 6.80. The smallest absolute Gasteiger partial charge is 0.328 e. The Morgan fingerprint density at radius 2 is 1.82 bits per heavy atom. The van der Waals surface area contributed by atoms with Crippen molar-refractivity contribution in [3.8, 4) is 0 Å². The van der Waals surface area contributed by atoms with Crippen molar-refractivity contribution in [3.05, 3.63) is 0 Å². The molecule has 7 nitrogen and oxygen atoms in total. The van der Waals surface area contributed by atoms with Crippen LogP contribution in [0.5, 0.6) is 0 Å². The van der Waals surface area contributed by atoms with Crippen LogP contribution < -0.4 is 5.73 Å². The molecule has 1 fully saturated rings. The molecule has 0 spiro atoms. The van der Waals surface area contributed by atoms with Gasteiger partial charge in [-0.2, -0.15) is 0 Å². The van der Waals surface area contributed by atoms with Gasteiger partial charge in [-0.05, 0) is 0 Å². The van der Waals surface area contributed by atoms with Gasteiger partial charge in [0.15, 0.2) is 0 Å². The highest BCUT2D eigenvalue weighted by Crippen LogP contribution is 2.47. The number of hydrogen-bond donors (Lipinski definition) is 2. The minimum Gasteiger partial charge on any atom is -0.383 e. The zero-order chi connectivity index (χ0) is 8.43. The lowest BCUT2D eigenvalue weighted by Crippen LogP contribution is -2.31. The van der Waals surface area contributed by atoms with Crippen molar-refractivity contribution in [1.82, 2.24) is 0 Å². The van der Waals surface area contributed by atoms with Crippen LogP contribution in [0, 0.1) is 5.41 Å². The molecule has 0 bridgehead atoms. The average molecular weight is 200 g/mol. The minimum absolute atomic E-state index is 0.481. The molecule has 64 valence electrons. The Balaban J connectivity index is 2.63. The van der Waals surface area contributed by atoms with Gasteiger partial charge in [0.05, 0.1) is 0 Å². The van der Waals surface area contributed by atoms with E-state index in [-0.39, 0.29) is 0 Å². The fourth-order valence-electron chi connectivity index (χ4n) is 0.442. The van der Waals surface area contributed by atoms with Crippen LogP contribution in [0.4, 0.5) is 0 Å². The lowest BCUT2D eigenvalue weighted by Gasteiger charge is -2.20. The molecule has 0 aromatic carbocycles. The molecule has 11 heavy (non-hydrogen) atoms. The first-order valence-electron chi connectivity index (χ1n) is 2.52. The minimum atomic E-state index is -2.80. The first kappa shape index (κ1) is 8.90. The molecular formula is C2H6N2O5P2. The van der Waals surface area contributed by atoms with Crippen LogP contribution in [0.25, 0.3) is 0 Å². The summed E-state index contributed by atoms with van der Waals surface area (Å²) in [5.41, 5.74) is 4.92. The number of nitrogens with two attached hydrogens (primary N) is 1. The van der Waals surface area contributed by atoms with Crippen LogP contribution >= 0.6 is 16.5 Å². The number of rotatable bonds is 1. The molecule has 2 atom stereocenters. The Kier molecular flexibility index (Phi) is 2.81. The summed E-state index contributed by atoms with van der Waals surface area (Å²) in [7, 11) is -5.60. The first-order valence-corrected chi connectivity index (χ1v) is 4.97. The van der Waals surface area contributed by atoms with E-state index in [0.717, 1.165) is 0 Å². The number of amidine groups is 1. The van der Waals surface area contributed by atoms with E-state index in [1.165, 1.54) is 0 Å². The van der Waals surface area contributed by atoms with Gasteiger partial charge in [-0.3, -0.25) is 23.6 Å². The van der Waals surface area contributed by atoms with Crippen LogP contribution in [-0.2, 0) is 22.5 Å². The fraction of sp³-hybridized carbons (Fsp3) is 0.500. The van der Waals surface area contributed by atoms with Crippen LogP contribution in [0.3, 0.4) is 0 Å². The molecule has 1 aliphatic rings. The van der Waals surface area contributed by atoms with E-state index in [4.69, 9.17) is 11.1 Å². The van der Waals surface area contributed by atoms with Crippen molar-refractivity contribution >= 4 is 22.3 Å². The van der Waals surface area contributed by atoms with Gasteiger partial charge in [-0.25, -0.2) is 4.31 Å². The summed E-state index contributed by atoms with van der Waals surface area (Å²) in [5.74, 6) is -0.481. The Hall–Kier alpha value is -0.190. The van der Waals surface area contributed by atoms with Crippen LogP contribution in [0.1, 0.15) is 0 Å². The van der Waals surface area contributed by atoms with Gasteiger partial charge >= 0.3 is 16.5 Å². The van der Waals surface area contributed by atoms with Crippen LogP contribution in [0.2, 0.25) is 0 Å². The van der Waals surface area contributed by atoms with Crippen molar-refractivity contribution < 1.29 is 22.5 Å². The Bertz CT molecular complexity index is 213. The zero-order valence-electron chi connectivity index (χ0n) is 5.20. The number of nitrogens with one attached hydrogen (secondary N) is 1. The molecule has 9 heteroatoms. The average Bonchev–Trinajstić information content (AvgIpc) is 1.85. The van der Waals surface area contributed by atoms with Crippen molar-refractivity contribution in [2.75, 3.05) is 0 Å². The van der Waals surface area contributed by atoms with E-state index < -0.39 is 28.6 Å². The molecule has 1 saturated heterocycles. The van der Waals surface area contributed by atoms with Gasteiger partial charge in [0.25, 0.3) is 0 Å². The molecule has 0 saturated carbocycles. The fourth-order valence-corrected chi connectivity index (χ4v) is 2.17. The Morgan fingerprint density at radius 1 is 1.36 bits per heavy atom. The topological polar surface area (TPSA) is 112 Å². The van der Waals surface area contributed by atoms with E-state index in [9.17, 15) is 9.13 Å². The summed E-state index contributed by atoms with van der Waals surface area (Å²) in [6.07, 6.45) is -1.29. The van der Waals surface area contributed by atoms with Gasteiger partial charge in [0.1, 0.15) is 5.84 Å². The molecule has 1 aliphatic heterocycles. The molecular weight excluding hydrogens is 194 g/mol. The molecule has 0 radical (unpaired) electrons. The van der Waals surface area contributed by atoms with Crippen LogP contribution in [0.15, 0.2) is 0 Å². The van der Waals surface area contributed by atoms with E-state index in [1.54, 1.807) is 0 Å². The largest absolute Gasteiger partial charge is 0.383 e. The lowest BCUT2D eigenvalue weighted by molar-refractivity contribution is 0.0363.